The first-order chi connectivity index (χ1) is 19.0. The van der Waals surface area contributed by atoms with Crippen LogP contribution in [-0.4, -0.2) is 60.0 Å². The number of pyridine rings is 1. The third kappa shape index (κ3) is 5.82. The van der Waals surface area contributed by atoms with Gasteiger partial charge in [-0.2, -0.15) is 0 Å². The minimum absolute atomic E-state index is 0.119. The molecule has 3 aromatic rings. The summed E-state index contributed by atoms with van der Waals surface area (Å²) < 4.78 is 11.6. The monoisotopic (exact) mass is 525 g/mol. The number of nitrogens with one attached hydrogen (secondary N) is 2. The number of carbonyl (C=O) groups is 1. The Balaban J connectivity index is 1.10. The van der Waals surface area contributed by atoms with E-state index in [1.54, 1.807) is 24.4 Å². The zero-order valence-corrected chi connectivity index (χ0v) is 22.0. The predicted molar refractivity (Wildman–Crippen MR) is 150 cm³/mol. The van der Waals surface area contributed by atoms with Gasteiger partial charge >= 0.3 is 0 Å². The van der Waals surface area contributed by atoms with Crippen molar-refractivity contribution in [3.05, 3.63) is 89.2 Å². The van der Waals surface area contributed by atoms with Crippen molar-refractivity contribution in [3.63, 3.8) is 0 Å². The van der Waals surface area contributed by atoms with E-state index in [0.29, 0.717) is 28.8 Å². The summed E-state index contributed by atoms with van der Waals surface area (Å²) in [6.45, 7) is 3.77. The number of benzene rings is 2. The summed E-state index contributed by atoms with van der Waals surface area (Å²) >= 11 is 0. The van der Waals surface area contributed by atoms with Crippen LogP contribution in [0.5, 0.6) is 5.75 Å². The number of hydrogen-bond acceptors (Lipinski definition) is 7. The fraction of sp³-hybridized carbons (Fsp3) is 0.387. The lowest BCUT2D eigenvalue weighted by atomic mass is 9.98. The Morgan fingerprint density at radius 1 is 1.03 bits per heavy atom. The van der Waals surface area contributed by atoms with Gasteiger partial charge in [0.25, 0.3) is 5.91 Å². The van der Waals surface area contributed by atoms with E-state index in [4.69, 9.17) is 20.6 Å². The standard InChI is InChI=1S/C31H35N5O3/c32-27-11-8-22(31(37)35-30(21-4-5-21)28-3-1-2-14-34-28)17-26(27)29(33)20-6-9-24(10-7-20)39-25-12-15-36(16-13-25)23-18-38-19-23/h1-3,6-11,14,17,21,23,25,30,33H,4-5,12-13,15-16,18-19,32H2,(H,35,37). The maximum atomic E-state index is 13.2. The van der Waals surface area contributed by atoms with Crippen molar-refractivity contribution in [2.45, 2.75) is 43.9 Å². The SMILES string of the molecule is N=C(c1ccc(OC2CCN(C3COC3)CC2)cc1)c1cc(C(=O)NC(c2ccccn2)C2CC2)ccc1N. The first-order valence-corrected chi connectivity index (χ1v) is 13.8. The predicted octanol–water partition coefficient (Wildman–Crippen LogP) is 4.20. The van der Waals surface area contributed by atoms with Crippen molar-refractivity contribution >= 4 is 17.3 Å². The number of amides is 1. The molecule has 8 heteroatoms. The Hall–Kier alpha value is -3.75. The average molecular weight is 526 g/mol. The second kappa shape index (κ2) is 11.2. The van der Waals surface area contributed by atoms with Crippen LogP contribution in [0, 0.1) is 11.3 Å². The maximum absolute atomic E-state index is 13.2. The van der Waals surface area contributed by atoms with Crippen LogP contribution in [0.15, 0.2) is 66.9 Å². The topological polar surface area (TPSA) is 114 Å². The number of rotatable bonds is 9. The molecule has 1 atom stereocenters. The second-order valence-electron chi connectivity index (χ2n) is 10.8. The van der Waals surface area contributed by atoms with E-state index in [1.165, 1.54) is 0 Å². The summed E-state index contributed by atoms with van der Waals surface area (Å²) in [6.07, 6.45) is 6.11. The number of aromatic nitrogens is 1. The summed E-state index contributed by atoms with van der Waals surface area (Å²) in [5.41, 5.74) is 9.59. The van der Waals surface area contributed by atoms with Crippen molar-refractivity contribution in [1.29, 1.82) is 5.41 Å². The lowest BCUT2D eigenvalue weighted by molar-refractivity contribution is -0.0778. The lowest BCUT2D eigenvalue weighted by Gasteiger charge is -2.41. The number of ether oxygens (including phenoxy) is 2. The van der Waals surface area contributed by atoms with Crippen molar-refractivity contribution in [2.75, 3.05) is 32.0 Å². The number of carbonyl (C=O) groups excluding carboxylic acids is 1. The molecule has 39 heavy (non-hydrogen) atoms. The van der Waals surface area contributed by atoms with Gasteiger partial charge in [-0.05, 0) is 86.2 Å². The lowest BCUT2D eigenvalue weighted by Crippen LogP contribution is -2.52. The first-order valence-electron chi connectivity index (χ1n) is 13.8. The molecule has 3 fully saturated rings. The van der Waals surface area contributed by atoms with Crippen molar-refractivity contribution in [3.8, 4) is 5.75 Å². The van der Waals surface area contributed by atoms with E-state index in [9.17, 15) is 4.79 Å². The van der Waals surface area contributed by atoms with Crippen molar-refractivity contribution in [1.82, 2.24) is 15.2 Å². The number of piperidine rings is 1. The normalized spacial score (nSPS) is 19.2. The summed E-state index contributed by atoms with van der Waals surface area (Å²) in [7, 11) is 0. The van der Waals surface area contributed by atoms with E-state index in [1.807, 2.05) is 42.5 Å². The Kier molecular flexibility index (Phi) is 7.30. The highest BCUT2D eigenvalue weighted by atomic mass is 16.5. The number of nitrogens with zero attached hydrogens (tertiary/aromatic N) is 2. The molecular weight excluding hydrogens is 490 g/mol. The Morgan fingerprint density at radius 2 is 1.77 bits per heavy atom. The highest BCUT2D eigenvalue weighted by Crippen LogP contribution is 2.40. The molecule has 1 saturated carbocycles. The number of anilines is 1. The van der Waals surface area contributed by atoms with Crippen LogP contribution >= 0.6 is 0 Å². The van der Waals surface area contributed by atoms with E-state index in [0.717, 1.165) is 69.0 Å². The van der Waals surface area contributed by atoms with E-state index in [2.05, 4.69) is 15.2 Å². The number of nitrogens with two attached hydrogens (primary N) is 1. The van der Waals surface area contributed by atoms with E-state index < -0.39 is 0 Å². The summed E-state index contributed by atoms with van der Waals surface area (Å²) in [6, 6.07) is 18.9. The first kappa shape index (κ1) is 25.5. The molecule has 1 aromatic heterocycles. The van der Waals surface area contributed by atoms with Crippen molar-refractivity contribution < 1.29 is 14.3 Å². The van der Waals surface area contributed by atoms with Crippen LogP contribution in [0.3, 0.4) is 0 Å². The highest BCUT2D eigenvalue weighted by Gasteiger charge is 2.34. The number of nitrogen functional groups attached to an aromatic ring is 1. The molecule has 0 spiro atoms. The van der Waals surface area contributed by atoms with Crippen molar-refractivity contribution in [2.24, 2.45) is 5.92 Å². The van der Waals surface area contributed by atoms with Gasteiger partial charge in [0.15, 0.2) is 0 Å². The Bertz CT molecular complexity index is 1310. The minimum Gasteiger partial charge on any atom is -0.490 e. The van der Waals surface area contributed by atoms with Gasteiger partial charge in [0.05, 0.1) is 36.7 Å². The summed E-state index contributed by atoms with van der Waals surface area (Å²) in [5, 5.41) is 12.0. The van der Waals surface area contributed by atoms with Crippen LogP contribution in [0.2, 0.25) is 0 Å². The van der Waals surface area contributed by atoms with Crippen LogP contribution in [0.25, 0.3) is 0 Å². The molecule has 1 amide bonds. The average Bonchev–Trinajstić information content (AvgIpc) is 3.78. The molecule has 202 valence electrons. The molecule has 2 saturated heterocycles. The molecule has 6 rings (SSSR count). The molecule has 8 nitrogen and oxygen atoms in total. The quantitative estimate of drug-likeness (QED) is 0.285. The molecule has 3 aliphatic rings. The van der Waals surface area contributed by atoms with E-state index in [-0.39, 0.29) is 23.8 Å². The molecule has 0 radical (unpaired) electrons. The van der Waals surface area contributed by atoms with Gasteiger partial charge in [0.2, 0.25) is 0 Å². The molecule has 2 aromatic carbocycles. The van der Waals surface area contributed by atoms with Gasteiger partial charge in [0, 0.05) is 41.7 Å². The Labute approximate surface area is 229 Å². The molecule has 1 aliphatic carbocycles. The Morgan fingerprint density at radius 3 is 2.41 bits per heavy atom. The molecule has 1 unspecified atom stereocenters. The highest BCUT2D eigenvalue weighted by molar-refractivity contribution is 6.14. The largest absolute Gasteiger partial charge is 0.490 e. The van der Waals surface area contributed by atoms with Gasteiger partial charge in [-0.3, -0.25) is 20.1 Å². The maximum Gasteiger partial charge on any atom is 0.251 e. The molecule has 4 N–H and O–H groups in total. The van der Waals surface area contributed by atoms with Crippen LogP contribution in [0.1, 0.15) is 58.9 Å². The second-order valence-corrected chi connectivity index (χ2v) is 10.8. The fourth-order valence-corrected chi connectivity index (χ4v) is 5.40. The van der Waals surface area contributed by atoms with Crippen LogP contribution in [0.4, 0.5) is 5.69 Å². The minimum atomic E-state index is -0.189. The van der Waals surface area contributed by atoms with Gasteiger partial charge in [-0.15, -0.1) is 0 Å². The van der Waals surface area contributed by atoms with Gasteiger partial charge in [0.1, 0.15) is 11.9 Å². The van der Waals surface area contributed by atoms with Crippen LogP contribution < -0.4 is 15.8 Å². The number of likely N-dealkylation sites (tertiary alicyclic amines) is 1. The van der Waals surface area contributed by atoms with E-state index >= 15 is 0 Å². The molecular formula is C31H35N5O3. The molecule has 3 heterocycles. The number of hydrogen-bond donors (Lipinski definition) is 3. The molecule has 2 aliphatic heterocycles. The summed E-state index contributed by atoms with van der Waals surface area (Å²) in [5.74, 6) is 1.02. The van der Waals surface area contributed by atoms with Gasteiger partial charge < -0.3 is 20.5 Å². The third-order valence-electron chi connectivity index (χ3n) is 8.03. The zero-order chi connectivity index (χ0) is 26.8. The van der Waals surface area contributed by atoms with Gasteiger partial charge in [-0.1, -0.05) is 6.07 Å². The third-order valence-corrected chi connectivity index (χ3v) is 8.03. The smallest absolute Gasteiger partial charge is 0.251 e. The van der Waals surface area contributed by atoms with Gasteiger partial charge in [-0.25, -0.2) is 0 Å². The zero-order valence-electron chi connectivity index (χ0n) is 22.0. The van der Waals surface area contributed by atoms with Crippen LogP contribution in [-0.2, 0) is 4.74 Å². The molecule has 0 bridgehead atoms. The fourth-order valence-electron chi connectivity index (χ4n) is 5.40. The summed E-state index contributed by atoms with van der Waals surface area (Å²) in [4.78, 5) is 20.2.